The van der Waals surface area contributed by atoms with E-state index in [-0.39, 0.29) is 5.54 Å². The lowest BCUT2D eigenvalue weighted by Gasteiger charge is -2.22. The quantitative estimate of drug-likeness (QED) is 0.744. The highest BCUT2D eigenvalue weighted by molar-refractivity contribution is 6.36. The minimum atomic E-state index is 0.0114. The molecule has 0 heterocycles. The van der Waals surface area contributed by atoms with Crippen molar-refractivity contribution < 1.29 is 0 Å². The van der Waals surface area contributed by atoms with Crippen molar-refractivity contribution in [3.63, 3.8) is 0 Å². The molecule has 0 spiro atoms. The molecule has 1 nitrogen and oxygen atoms in total. The molecule has 0 aliphatic carbocycles. The minimum absolute atomic E-state index is 0.0114. The number of benzene rings is 1. The first-order valence-corrected chi connectivity index (χ1v) is 4.87. The molecule has 0 saturated heterocycles. The van der Waals surface area contributed by atoms with Crippen molar-refractivity contribution in [2.75, 3.05) is 5.32 Å². The molecule has 0 fully saturated rings. The third-order valence-electron chi connectivity index (χ3n) is 1.44. The van der Waals surface area contributed by atoms with E-state index in [0.29, 0.717) is 10.0 Å². The Labute approximate surface area is 89.0 Å². The Morgan fingerprint density at radius 1 is 1.15 bits per heavy atom. The number of hydrogen-bond donors (Lipinski definition) is 1. The molecule has 0 saturated carbocycles. The van der Waals surface area contributed by atoms with Crippen LogP contribution in [-0.4, -0.2) is 5.54 Å². The summed E-state index contributed by atoms with van der Waals surface area (Å²) in [5.41, 5.74) is 0.927. The zero-order valence-electron chi connectivity index (χ0n) is 7.99. The molecule has 0 aliphatic heterocycles. The zero-order chi connectivity index (χ0) is 10.1. The zero-order valence-corrected chi connectivity index (χ0v) is 9.50. The van der Waals surface area contributed by atoms with Gasteiger partial charge in [0.1, 0.15) is 0 Å². The average Bonchev–Trinajstić information content (AvgIpc) is 1.93. The van der Waals surface area contributed by atoms with E-state index in [1.165, 1.54) is 0 Å². The fourth-order valence-electron chi connectivity index (χ4n) is 0.995. The molecule has 0 atom stereocenters. The van der Waals surface area contributed by atoms with Gasteiger partial charge in [-0.3, -0.25) is 0 Å². The Bertz CT molecular complexity index is 302. The molecule has 0 radical (unpaired) electrons. The van der Waals surface area contributed by atoms with E-state index in [0.717, 1.165) is 5.69 Å². The van der Waals surface area contributed by atoms with E-state index in [9.17, 15) is 0 Å². The summed E-state index contributed by atoms with van der Waals surface area (Å²) in [5, 5.41) is 4.60. The van der Waals surface area contributed by atoms with Crippen LogP contribution in [0.3, 0.4) is 0 Å². The summed E-state index contributed by atoms with van der Waals surface area (Å²) in [5.74, 6) is 0. The van der Waals surface area contributed by atoms with Crippen molar-refractivity contribution in [3.8, 4) is 0 Å². The van der Waals surface area contributed by atoms with Gasteiger partial charge in [-0.2, -0.15) is 0 Å². The van der Waals surface area contributed by atoms with Gasteiger partial charge >= 0.3 is 0 Å². The summed E-state index contributed by atoms with van der Waals surface area (Å²) >= 11 is 11.8. The van der Waals surface area contributed by atoms with E-state index < -0.39 is 0 Å². The molecule has 1 aromatic carbocycles. The maximum atomic E-state index is 5.99. The van der Waals surface area contributed by atoms with Gasteiger partial charge < -0.3 is 5.32 Å². The van der Waals surface area contributed by atoms with Crippen molar-refractivity contribution in [2.45, 2.75) is 26.3 Å². The molecule has 13 heavy (non-hydrogen) atoms. The van der Waals surface area contributed by atoms with Crippen LogP contribution in [0.25, 0.3) is 0 Å². The van der Waals surface area contributed by atoms with E-state index in [2.05, 4.69) is 26.1 Å². The summed E-state index contributed by atoms with van der Waals surface area (Å²) < 4.78 is 0. The van der Waals surface area contributed by atoms with Crippen molar-refractivity contribution in [2.24, 2.45) is 0 Å². The van der Waals surface area contributed by atoms with E-state index >= 15 is 0 Å². The highest BCUT2D eigenvalue weighted by Gasteiger charge is 2.11. The topological polar surface area (TPSA) is 12.0 Å². The van der Waals surface area contributed by atoms with Crippen molar-refractivity contribution in [1.29, 1.82) is 0 Å². The fraction of sp³-hybridized carbons (Fsp3) is 0.400. The third kappa shape index (κ3) is 3.45. The molecule has 0 aliphatic rings. The highest BCUT2D eigenvalue weighted by atomic mass is 35.5. The summed E-state index contributed by atoms with van der Waals surface area (Å²) in [6.45, 7) is 6.24. The second-order valence-corrected chi connectivity index (χ2v) is 4.84. The van der Waals surface area contributed by atoms with Crippen LogP contribution in [0.5, 0.6) is 0 Å². The second-order valence-electron chi connectivity index (χ2n) is 4.00. The first-order chi connectivity index (χ1) is 5.88. The van der Waals surface area contributed by atoms with Crippen LogP contribution in [0.2, 0.25) is 10.0 Å². The lowest BCUT2D eigenvalue weighted by Crippen LogP contribution is -2.26. The Balaban J connectivity index is 2.90. The Hall–Kier alpha value is -0.400. The number of anilines is 1. The third-order valence-corrected chi connectivity index (χ3v) is 1.99. The van der Waals surface area contributed by atoms with Crippen LogP contribution in [-0.2, 0) is 0 Å². The standard InChI is InChI=1S/C10H13Cl2N/c1-10(2,3)13-9-5-4-7(11)6-8(9)12/h4-6,13H,1-3H3. The Morgan fingerprint density at radius 3 is 2.23 bits per heavy atom. The SMILES string of the molecule is CC(C)(C)Nc1ccc(Cl)cc1Cl. The van der Waals surface area contributed by atoms with Gasteiger partial charge in [0.25, 0.3) is 0 Å². The first-order valence-electron chi connectivity index (χ1n) is 4.12. The molecule has 0 amide bonds. The van der Waals surface area contributed by atoms with E-state index in [1.54, 1.807) is 6.07 Å². The fourth-order valence-corrected chi connectivity index (χ4v) is 1.45. The van der Waals surface area contributed by atoms with Gasteiger partial charge in [0.2, 0.25) is 0 Å². The number of rotatable bonds is 1. The van der Waals surface area contributed by atoms with Crippen molar-refractivity contribution in [3.05, 3.63) is 28.2 Å². The molecule has 3 heteroatoms. The van der Waals surface area contributed by atoms with Crippen LogP contribution in [0.1, 0.15) is 20.8 Å². The van der Waals surface area contributed by atoms with Crippen LogP contribution < -0.4 is 5.32 Å². The van der Waals surface area contributed by atoms with E-state index in [1.807, 2.05) is 12.1 Å². The van der Waals surface area contributed by atoms with Gasteiger partial charge in [-0.25, -0.2) is 0 Å². The first kappa shape index (κ1) is 10.7. The Morgan fingerprint density at radius 2 is 1.77 bits per heavy atom. The molecule has 0 bridgehead atoms. The van der Waals surface area contributed by atoms with Crippen molar-refractivity contribution >= 4 is 28.9 Å². The van der Waals surface area contributed by atoms with Gasteiger partial charge in [0.15, 0.2) is 0 Å². The Kier molecular flexibility index (Phi) is 3.09. The lowest BCUT2D eigenvalue weighted by molar-refractivity contribution is 0.634. The normalized spacial score (nSPS) is 11.5. The van der Waals surface area contributed by atoms with Crippen LogP contribution in [0.4, 0.5) is 5.69 Å². The molecule has 1 N–H and O–H groups in total. The van der Waals surface area contributed by atoms with Crippen LogP contribution in [0, 0.1) is 0 Å². The maximum absolute atomic E-state index is 5.99. The van der Waals surface area contributed by atoms with Gasteiger partial charge in [-0.15, -0.1) is 0 Å². The number of halogens is 2. The van der Waals surface area contributed by atoms with Gasteiger partial charge in [-0.1, -0.05) is 23.2 Å². The lowest BCUT2D eigenvalue weighted by atomic mass is 10.1. The molecular weight excluding hydrogens is 205 g/mol. The van der Waals surface area contributed by atoms with E-state index in [4.69, 9.17) is 23.2 Å². The summed E-state index contributed by atoms with van der Waals surface area (Å²) in [4.78, 5) is 0. The maximum Gasteiger partial charge on any atom is 0.0652 e. The molecule has 0 aromatic heterocycles. The predicted molar refractivity (Wildman–Crippen MR) is 59.8 cm³/mol. The molecule has 1 rings (SSSR count). The van der Waals surface area contributed by atoms with Gasteiger partial charge in [-0.05, 0) is 39.0 Å². The van der Waals surface area contributed by atoms with Crippen molar-refractivity contribution in [1.82, 2.24) is 0 Å². The molecular formula is C10H13Cl2N. The number of nitrogens with one attached hydrogen (secondary N) is 1. The van der Waals surface area contributed by atoms with Gasteiger partial charge in [0, 0.05) is 10.6 Å². The molecule has 0 unspecified atom stereocenters. The number of hydrogen-bond acceptors (Lipinski definition) is 1. The average molecular weight is 218 g/mol. The smallest absolute Gasteiger partial charge is 0.0652 e. The largest absolute Gasteiger partial charge is 0.379 e. The van der Waals surface area contributed by atoms with Crippen LogP contribution in [0.15, 0.2) is 18.2 Å². The highest BCUT2D eigenvalue weighted by Crippen LogP contribution is 2.27. The second kappa shape index (κ2) is 3.77. The minimum Gasteiger partial charge on any atom is -0.379 e. The predicted octanol–water partition coefficient (Wildman–Crippen LogP) is 4.20. The van der Waals surface area contributed by atoms with Crippen LogP contribution >= 0.6 is 23.2 Å². The summed E-state index contributed by atoms with van der Waals surface area (Å²) in [6, 6.07) is 5.44. The monoisotopic (exact) mass is 217 g/mol. The molecule has 1 aromatic rings. The van der Waals surface area contributed by atoms with Gasteiger partial charge in [0.05, 0.1) is 10.7 Å². The summed E-state index contributed by atoms with van der Waals surface area (Å²) in [7, 11) is 0. The summed E-state index contributed by atoms with van der Waals surface area (Å²) in [6.07, 6.45) is 0. The molecule has 72 valence electrons.